The summed E-state index contributed by atoms with van der Waals surface area (Å²) in [5.74, 6) is 0. The van der Waals surface area contributed by atoms with Crippen molar-refractivity contribution in [2.24, 2.45) is 0 Å². The number of nitrogens with zero attached hydrogens (tertiary/aromatic N) is 3. The van der Waals surface area contributed by atoms with Crippen molar-refractivity contribution < 1.29 is 13.3 Å². The van der Waals surface area contributed by atoms with E-state index in [0.29, 0.717) is 0 Å². The minimum atomic E-state index is -2.40. The lowest BCUT2D eigenvalue weighted by molar-refractivity contribution is 0.121. The molecular formula is C14H35N3O3Si. The molecule has 0 aromatic heterocycles. The summed E-state index contributed by atoms with van der Waals surface area (Å²) < 4.78 is 16.3. The van der Waals surface area contributed by atoms with Crippen LogP contribution in [0.5, 0.6) is 0 Å². The fourth-order valence-electron chi connectivity index (χ4n) is 2.06. The Bertz CT molecular complexity index is 245. The molecule has 0 aromatic carbocycles. The first-order valence-electron chi connectivity index (χ1n) is 7.56. The molecular weight excluding hydrogens is 286 g/mol. The second kappa shape index (κ2) is 11.5. The van der Waals surface area contributed by atoms with Gasteiger partial charge in [0.25, 0.3) is 0 Å². The molecule has 0 fully saturated rings. The van der Waals surface area contributed by atoms with E-state index in [4.69, 9.17) is 13.3 Å². The molecule has 0 aliphatic rings. The van der Waals surface area contributed by atoms with Crippen LogP contribution in [0.3, 0.4) is 0 Å². The average molecular weight is 322 g/mol. The fraction of sp³-hybridized carbons (Fsp3) is 1.00. The largest absolute Gasteiger partial charge is 0.500 e. The fourth-order valence-corrected chi connectivity index (χ4v) is 3.76. The first-order valence-corrected chi connectivity index (χ1v) is 9.49. The van der Waals surface area contributed by atoms with Crippen LogP contribution in [0.1, 0.15) is 6.42 Å². The highest BCUT2D eigenvalue weighted by molar-refractivity contribution is 6.60. The van der Waals surface area contributed by atoms with Gasteiger partial charge in [-0.1, -0.05) is 0 Å². The van der Waals surface area contributed by atoms with E-state index in [1.54, 1.807) is 21.3 Å². The molecule has 0 amide bonds. The van der Waals surface area contributed by atoms with Crippen molar-refractivity contribution in [3.05, 3.63) is 0 Å². The number of hydrogen-bond donors (Lipinski definition) is 0. The van der Waals surface area contributed by atoms with Gasteiger partial charge in [0.1, 0.15) is 0 Å². The van der Waals surface area contributed by atoms with Gasteiger partial charge in [0, 0.05) is 53.6 Å². The highest BCUT2D eigenvalue weighted by Crippen LogP contribution is 2.14. The standard InChI is InChI=1S/C14H35N3O3Si/c1-15(2)10-11-17(4)13-12-16(3)9-8-14-21(18-5,19-6)20-7/h8-14H2,1-7H3. The van der Waals surface area contributed by atoms with Crippen LogP contribution in [0.15, 0.2) is 0 Å². The summed E-state index contributed by atoms with van der Waals surface area (Å²) in [6.45, 7) is 5.40. The molecule has 0 rings (SSSR count). The monoisotopic (exact) mass is 321 g/mol. The summed E-state index contributed by atoms with van der Waals surface area (Å²) in [6.07, 6.45) is 1.03. The second-order valence-corrected chi connectivity index (χ2v) is 8.90. The highest BCUT2D eigenvalue weighted by atomic mass is 28.4. The number of likely N-dealkylation sites (N-methyl/N-ethyl adjacent to an activating group) is 3. The minimum absolute atomic E-state index is 0.858. The Labute approximate surface area is 132 Å². The van der Waals surface area contributed by atoms with Gasteiger partial charge in [0.2, 0.25) is 0 Å². The van der Waals surface area contributed by atoms with Crippen LogP contribution >= 0.6 is 0 Å². The van der Waals surface area contributed by atoms with Gasteiger partial charge in [-0.15, -0.1) is 0 Å². The molecule has 0 heterocycles. The predicted octanol–water partition coefficient (Wildman–Crippen LogP) is 0.680. The van der Waals surface area contributed by atoms with E-state index < -0.39 is 8.80 Å². The van der Waals surface area contributed by atoms with Gasteiger partial charge in [-0.3, -0.25) is 0 Å². The van der Waals surface area contributed by atoms with Gasteiger partial charge in [0.05, 0.1) is 0 Å². The third-order valence-corrected chi connectivity index (χ3v) is 6.58. The van der Waals surface area contributed by atoms with Crippen molar-refractivity contribution >= 4 is 8.80 Å². The maximum Gasteiger partial charge on any atom is 0.500 e. The maximum absolute atomic E-state index is 5.43. The van der Waals surface area contributed by atoms with Crippen LogP contribution in [0.25, 0.3) is 0 Å². The van der Waals surface area contributed by atoms with Gasteiger partial charge in [-0.2, -0.15) is 0 Å². The third-order valence-electron chi connectivity index (χ3n) is 3.75. The summed E-state index contributed by atoms with van der Waals surface area (Å²) in [7, 11) is 11.2. The zero-order chi connectivity index (χ0) is 16.3. The zero-order valence-electron chi connectivity index (χ0n) is 15.0. The molecule has 0 aliphatic carbocycles. The average Bonchev–Trinajstić information content (AvgIpc) is 2.48. The van der Waals surface area contributed by atoms with Crippen molar-refractivity contribution in [2.75, 3.05) is 82.2 Å². The van der Waals surface area contributed by atoms with Crippen molar-refractivity contribution in [2.45, 2.75) is 12.5 Å². The third kappa shape index (κ3) is 9.57. The summed E-state index contributed by atoms with van der Waals surface area (Å²) >= 11 is 0. The molecule has 0 atom stereocenters. The van der Waals surface area contributed by atoms with Crippen LogP contribution in [0.2, 0.25) is 6.04 Å². The molecule has 0 bridgehead atoms. The normalized spacial score (nSPS) is 12.9. The molecule has 0 saturated heterocycles. The first-order chi connectivity index (χ1) is 9.89. The van der Waals surface area contributed by atoms with E-state index in [9.17, 15) is 0 Å². The molecule has 0 aromatic rings. The van der Waals surface area contributed by atoms with Gasteiger partial charge in [-0.05, 0) is 41.2 Å². The minimum Gasteiger partial charge on any atom is -0.377 e. The molecule has 128 valence electrons. The first kappa shape index (κ1) is 21.0. The quantitative estimate of drug-likeness (QED) is 0.465. The van der Waals surface area contributed by atoms with Crippen LogP contribution in [0.4, 0.5) is 0 Å². The van der Waals surface area contributed by atoms with E-state index >= 15 is 0 Å². The van der Waals surface area contributed by atoms with E-state index in [1.807, 2.05) is 0 Å². The lowest BCUT2D eigenvalue weighted by Crippen LogP contribution is -2.43. The summed E-state index contributed by atoms with van der Waals surface area (Å²) in [5, 5.41) is 0. The molecule has 7 heteroatoms. The molecule has 0 spiro atoms. The van der Waals surface area contributed by atoms with E-state index in [1.165, 1.54) is 0 Å². The van der Waals surface area contributed by atoms with Gasteiger partial charge >= 0.3 is 8.80 Å². The molecule has 6 nitrogen and oxygen atoms in total. The van der Waals surface area contributed by atoms with Crippen LogP contribution in [-0.4, -0.2) is 106 Å². The molecule has 0 saturated carbocycles. The van der Waals surface area contributed by atoms with Crippen molar-refractivity contribution in [3.8, 4) is 0 Å². The Balaban J connectivity index is 3.82. The summed E-state index contributed by atoms with van der Waals surface area (Å²) in [4.78, 5) is 6.94. The van der Waals surface area contributed by atoms with Crippen molar-refractivity contribution in [1.82, 2.24) is 14.7 Å². The van der Waals surface area contributed by atoms with Crippen LogP contribution < -0.4 is 0 Å². The Morgan fingerprint density at radius 1 is 0.667 bits per heavy atom. The Kier molecular flexibility index (Phi) is 11.5. The van der Waals surface area contributed by atoms with Crippen molar-refractivity contribution in [3.63, 3.8) is 0 Å². The van der Waals surface area contributed by atoms with Gasteiger partial charge in [-0.25, -0.2) is 0 Å². The van der Waals surface area contributed by atoms with Crippen LogP contribution in [-0.2, 0) is 13.3 Å². The highest BCUT2D eigenvalue weighted by Gasteiger charge is 2.36. The molecule has 0 aliphatic heterocycles. The van der Waals surface area contributed by atoms with E-state index in [2.05, 4.69) is 42.9 Å². The van der Waals surface area contributed by atoms with Crippen LogP contribution in [0, 0.1) is 0 Å². The smallest absolute Gasteiger partial charge is 0.377 e. The number of rotatable bonds is 13. The number of hydrogen-bond acceptors (Lipinski definition) is 6. The topological polar surface area (TPSA) is 37.4 Å². The maximum atomic E-state index is 5.43. The van der Waals surface area contributed by atoms with E-state index in [0.717, 1.165) is 45.2 Å². The summed E-state index contributed by atoms with van der Waals surface area (Å²) in [5.41, 5.74) is 0. The molecule has 0 unspecified atom stereocenters. The Morgan fingerprint density at radius 2 is 1.10 bits per heavy atom. The lowest BCUT2D eigenvalue weighted by Gasteiger charge is -2.26. The summed E-state index contributed by atoms with van der Waals surface area (Å²) in [6, 6.07) is 0.858. The van der Waals surface area contributed by atoms with Gasteiger partial charge < -0.3 is 28.0 Å². The Hall–Kier alpha value is -0.0231. The van der Waals surface area contributed by atoms with Gasteiger partial charge in [0.15, 0.2) is 0 Å². The zero-order valence-corrected chi connectivity index (χ0v) is 16.0. The van der Waals surface area contributed by atoms with E-state index in [-0.39, 0.29) is 0 Å². The predicted molar refractivity (Wildman–Crippen MR) is 89.8 cm³/mol. The molecule has 21 heavy (non-hydrogen) atoms. The molecule has 0 N–H and O–H groups in total. The Morgan fingerprint density at radius 3 is 1.52 bits per heavy atom. The lowest BCUT2D eigenvalue weighted by atomic mass is 10.4. The second-order valence-electron chi connectivity index (χ2n) is 5.81. The molecule has 0 radical (unpaired) electrons. The SMILES string of the molecule is CO[Si](CCCN(C)CCN(C)CCN(C)C)(OC)OC. The van der Waals surface area contributed by atoms with Crippen molar-refractivity contribution in [1.29, 1.82) is 0 Å².